The summed E-state index contributed by atoms with van der Waals surface area (Å²) in [5, 5.41) is 2.92. The minimum Gasteiger partial charge on any atom is -0.494 e. The lowest BCUT2D eigenvalue weighted by molar-refractivity contribution is 0.102. The quantitative estimate of drug-likeness (QED) is 0.450. The molecule has 1 N–H and O–H groups in total. The maximum atomic E-state index is 12.5. The summed E-state index contributed by atoms with van der Waals surface area (Å²) in [4.78, 5) is 12.5. The fraction of sp³-hybridized carbons (Fsp3) is 0.240. The molecule has 0 unspecified atom stereocenters. The van der Waals surface area contributed by atoms with E-state index >= 15 is 0 Å². The fourth-order valence-electron chi connectivity index (χ4n) is 2.84. The molecule has 0 aromatic heterocycles. The van der Waals surface area contributed by atoms with Gasteiger partial charge < -0.3 is 14.8 Å². The Morgan fingerprint density at radius 1 is 0.828 bits per heavy atom. The summed E-state index contributed by atoms with van der Waals surface area (Å²) < 4.78 is 11.5. The molecule has 1 amide bonds. The minimum absolute atomic E-state index is 0.161. The second-order valence-corrected chi connectivity index (χ2v) is 6.79. The van der Waals surface area contributed by atoms with Gasteiger partial charge in [0.15, 0.2) is 0 Å². The van der Waals surface area contributed by atoms with E-state index in [9.17, 15) is 4.79 Å². The molecule has 29 heavy (non-hydrogen) atoms. The van der Waals surface area contributed by atoms with Crippen molar-refractivity contribution in [2.45, 2.75) is 26.2 Å². The second kappa shape index (κ2) is 10.9. The predicted molar refractivity (Wildman–Crippen MR) is 117 cm³/mol. The van der Waals surface area contributed by atoms with Gasteiger partial charge in [-0.2, -0.15) is 0 Å². The maximum absolute atomic E-state index is 12.5. The van der Waals surface area contributed by atoms with E-state index in [1.165, 1.54) is 5.56 Å². The molecule has 0 aliphatic heterocycles. The highest BCUT2D eigenvalue weighted by Gasteiger charge is 2.07. The molecule has 0 atom stereocenters. The van der Waals surface area contributed by atoms with E-state index in [1.54, 1.807) is 12.1 Å². The minimum atomic E-state index is -0.161. The van der Waals surface area contributed by atoms with Crippen LogP contribution in [0.2, 0.25) is 0 Å². The zero-order valence-electron chi connectivity index (χ0n) is 16.8. The van der Waals surface area contributed by atoms with Crippen molar-refractivity contribution in [1.82, 2.24) is 0 Å². The Morgan fingerprint density at radius 3 is 2.34 bits per heavy atom. The van der Waals surface area contributed by atoms with Crippen molar-refractivity contribution in [2.24, 2.45) is 0 Å². The summed E-state index contributed by atoms with van der Waals surface area (Å²) in [7, 11) is 0. The van der Waals surface area contributed by atoms with Gasteiger partial charge in [-0.15, -0.1) is 0 Å². The number of carbonyl (C=O) groups is 1. The van der Waals surface area contributed by atoms with Gasteiger partial charge in [-0.05, 0) is 48.4 Å². The topological polar surface area (TPSA) is 47.6 Å². The van der Waals surface area contributed by atoms with E-state index in [0.717, 1.165) is 30.8 Å². The van der Waals surface area contributed by atoms with Crippen LogP contribution in [0.15, 0.2) is 78.9 Å². The van der Waals surface area contributed by atoms with E-state index in [2.05, 4.69) is 24.4 Å². The van der Waals surface area contributed by atoms with E-state index < -0.39 is 0 Å². The molecule has 4 nitrogen and oxygen atoms in total. The molecular formula is C25H27NO3. The second-order valence-electron chi connectivity index (χ2n) is 6.79. The van der Waals surface area contributed by atoms with Gasteiger partial charge in [-0.25, -0.2) is 0 Å². The summed E-state index contributed by atoms with van der Waals surface area (Å²) in [5.41, 5.74) is 2.53. The van der Waals surface area contributed by atoms with Gasteiger partial charge in [0.2, 0.25) is 0 Å². The average molecular weight is 389 g/mol. The standard InChI is InChI=1S/C25H27NO3/c1-2-3-17-28-23-14-12-21(13-15-23)25(27)26-22-10-7-11-24(19-22)29-18-16-20-8-5-4-6-9-20/h4-15,19H,2-3,16-18H2,1H3,(H,26,27). The normalized spacial score (nSPS) is 10.4. The van der Waals surface area contributed by atoms with E-state index in [0.29, 0.717) is 24.5 Å². The third-order valence-corrected chi connectivity index (χ3v) is 4.48. The monoisotopic (exact) mass is 389 g/mol. The molecule has 0 spiro atoms. The van der Waals surface area contributed by atoms with Gasteiger partial charge in [0, 0.05) is 23.7 Å². The predicted octanol–water partition coefficient (Wildman–Crippen LogP) is 5.74. The Labute approximate surface area is 172 Å². The van der Waals surface area contributed by atoms with Gasteiger partial charge in [0.05, 0.1) is 13.2 Å². The van der Waals surface area contributed by atoms with Crippen LogP contribution in [0.4, 0.5) is 5.69 Å². The first kappa shape index (κ1) is 20.5. The molecule has 0 saturated heterocycles. The lowest BCUT2D eigenvalue weighted by Gasteiger charge is -2.10. The number of carbonyl (C=O) groups excluding carboxylic acids is 1. The Balaban J connectivity index is 1.51. The Morgan fingerprint density at radius 2 is 1.59 bits per heavy atom. The van der Waals surface area contributed by atoms with Gasteiger partial charge in [0.25, 0.3) is 5.91 Å². The number of amides is 1. The van der Waals surface area contributed by atoms with Crippen molar-refractivity contribution in [3.8, 4) is 11.5 Å². The SMILES string of the molecule is CCCCOc1ccc(C(=O)Nc2cccc(OCCc3ccccc3)c2)cc1. The van der Waals surface area contributed by atoms with Crippen LogP contribution in [0.3, 0.4) is 0 Å². The maximum Gasteiger partial charge on any atom is 0.255 e. The highest BCUT2D eigenvalue weighted by atomic mass is 16.5. The average Bonchev–Trinajstić information content (AvgIpc) is 2.75. The van der Waals surface area contributed by atoms with Crippen molar-refractivity contribution in [3.63, 3.8) is 0 Å². The summed E-state index contributed by atoms with van der Waals surface area (Å²) >= 11 is 0. The largest absolute Gasteiger partial charge is 0.494 e. The summed E-state index contributed by atoms with van der Waals surface area (Å²) in [6.45, 7) is 3.40. The summed E-state index contributed by atoms with van der Waals surface area (Å²) in [6, 6.07) is 24.9. The third kappa shape index (κ3) is 6.68. The molecule has 3 rings (SSSR count). The number of benzene rings is 3. The molecule has 0 aliphatic rings. The summed E-state index contributed by atoms with van der Waals surface area (Å²) in [5.74, 6) is 1.36. The Hall–Kier alpha value is -3.27. The first-order valence-electron chi connectivity index (χ1n) is 10.1. The molecule has 150 valence electrons. The van der Waals surface area contributed by atoms with Crippen molar-refractivity contribution in [1.29, 1.82) is 0 Å². The van der Waals surface area contributed by atoms with Gasteiger partial charge >= 0.3 is 0 Å². The molecule has 0 aliphatic carbocycles. The molecule has 0 fully saturated rings. The van der Waals surface area contributed by atoms with Gasteiger partial charge in [-0.1, -0.05) is 49.7 Å². The van der Waals surface area contributed by atoms with Crippen molar-refractivity contribution in [2.75, 3.05) is 18.5 Å². The lowest BCUT2D eigenvalue weighted by atomic mass is 10.2. The smallest absolute Gasteiger partial charge is 0.255 e. The Bertz CT molecular complexity index is 891. The molecule has 3 aromatic carbocycles. The highest BCUT2D eigenvalue weighted by molar-refractivity contribution is 6.04. The van der Waals surface area contributed by atoms with E-state index in [1.807, 2.05) is 54.6 Å². The van der Waals surface area contributed by atoms with Crippen molar-refractivity contribution >= 4 is 11.6 Å². The van der Waals surface area contributed by atoms with Crippen LogP contribution in [0, 0.1) is 0 Å². The summed E-state index contributed by atoms with van der Waals surface area (Å²) in [6.07, 6.45) is 2.95. The molecule has 4 heteroatoms. The molecule has 0 bridgehead atoms. The van der Waals surface area contributed by atoms with Crippen molar-refractivity contribution in [3.05, 3.63) is 90.0 Å². The van der Waals surface area contributed by atoms with Gasteiger partial charge in [-0.3, -0.25) is 4.79 Å². The van der Waals surface area contributed by atoms with Crippen LogP contribution < -0.4 is 14.8 Å². The molecule has 0 radical (unpaired) electrons. The van der Waals surface area contributed by atoms with E-state index in [4.69, 9.17) is 9.47 Å². The zero-order chi connectivity index (χ0) is 20.3. The molecule has 3 aromatic rings. The number of ether oxygens (including phenoxy) is 2. The number of rotatable bonds is 10. The van der Waals surface area contributed by atoms with Crippen LogP contribution >= 0.6 is 0 Å². The number of hydrogen-bond acceptors (Lipinski definition) is 3. The number of nitrogens with one attached hydrogen (secondary N) is 1. The first-order valence-corrected chi connectivity index (χ1v) is 10.1. The van der Waals surface area contributed by atoms with Crippen molar-refractivity contribution < 1.29 is 14.3 Å². The lowest BCUT2D eigenvalue weighted by Crippen LogP contribution is -2.12. The van der Waals surface area contributed by atoms with Gasteiger partial charge in [0.1, 0.15) is 11.5 Å². The molecule has 0 saturated carbocycles. The molecule has 0 heterocycles. The number of unbranched alkanes of at least 4 members (excludes halogenated alkanes) is 1. The van der Waals surface area contributed by atoms with Crippen LogP contribution in [0.5, 0.6) is 11.5 Å². The Kier molecular flexibility index (Phi) is 7.70. The van der Waals surface area contributed by atoms with Crippen LogP contribution in [0.1, 0.15) is 35.7 Å². The van der Waals surface area contributed by atoms with Crippen LogP contribution in [-0.2, 0) is 6.42 Å². The van der Waals surface area contributed by atoms with Crippen LogP contribution in [-0.4, -0.2) is 19.1 Å². The van der Waals surface area contributed by atoms with Crippen LogP contribution in [0.25, 0.3) is 0 Å². The zero-order valence-corrected chi connectivity index (χ0v) is 16.8. The van der Waals surface area contributed by atoms with E-state index in [-0.39, 0.29) is 5.91 Å². The molecular weight excluding hydrogens is 362 g/mol. The number of hydrogen-bond donors (Lipinski definition) is 1. The first-order chi connectivity index (χ1) is 14.2. The highest BCUT2D eigenvalue weighted by Crippen LogP contribution is 2.19. The number of anilines is 1. The third-order valence-electron chi connectivity index (χ3n) is 4.48. The fourth-order valence-corrected chi connectivity index (χ4v) is 2.84.